The van der Waals surface area contributed by atoms with Gasteiger partial charge in [-0.25, -0.2) is 8.42 Å². The second kappa shape index (κ2) is 10.5. The van der Waals surface area contributed by atoms with E-state index in [0.717, 1.165) is 36.1 Å². The van der Waals surface area contributed by atoms with Gasteiger partial charge < -0.3 is 10.1 Å². The van der Waals surface area contributed by atoms with Gasteiger partial charge in [-0.3, -0.25) is 4.79 Å². The first-order valence-electron chi connectivity index (χ1n) is 10.5. The van der Waals surface area contributed by atoms with Gasteiger partial charge in [0.05, 0.1) is 13.2 Å². The smallest absolute Gasteiger partial charge is 0.251 e. The lowest BCUT2D eigenvalue weighted by Gasteiger charge is -2.22. The van der Waals surface area contributed by atoms with Gasteiger partial charge in [0.25, 0.3) is 5.91 Å². The van der Waals surface area contributed by atoms with Crippen molar-refractivity contribution in [1.29, 1.82) is 0 Å². The Morgan fingerprint density at radius 3 is 2.29 bits per heavy atom. The molecule has 0 spiro atoms. The summed E-state index contributed by atoms with van der Waals surface area (Å²) >= 11 is 1.66. The van der Waals surface area contributed by atoms with E-state index < -0.39 is 10.0 Å². The molecule has 1 fully saturated rings. The van der Waals surface area contributed by atoms with Crippen LogP contribution in [0.25, 0.3) is 0 Å². The molecule has 1 aliphatic heterocycles. The summed E-state index contributed by atoms with van der Waals surface area (Å²) in [5.41, 5.74) is 1.28. The highest BCUT2D eigenvalue weighted by molar-refractivity contribution is 7.98. The summed E-state index contributed by atoms with van der Waals surface area (Å²) in [4.78, 5) is 14.1. The highest BCUT2D eigenvalue weighted by Gasteiger charge is 2.29. The summed E-state index contributed by atoms with van der Waals surface area (Å²) in [7, 11) is -2.31. The zero-order valence-electron chi connectivity index (χ0n) is 18.3. The third-order valence-corrected chi connectivity index (χ3v) is 8.24. The molecule has 1 amide bonds. The van der Waals surface area contributed by atoms with Gasteiger partial charge in [0.1, 0.15) is 10.6 Å². The van der Waals surface area contributed by atoms with E-state index in [1.807, 2.05) is 37.4 Å². The fourth-order valence-electron chi connectivity index (χ4n) is 3.70. The zero-order valence-corrected chi connectivity index (χ0v) is 19.9. The Hall–Kier alpha value is -2.03. The highest BCUT2D eigenvalue weighted by Crippen LogP contribution is 2.29. The molecule has 1 saturated heterocycles. The lowest BCUT2D eigenvalue weighted by atomic mass is 10.1. The van der Waals surface area contributed by atoms with Crippen LogP contribution < -0.4 is 10.1 Å². The number of amides is 1. The predicted octanol–water partition coefficient (Wildman–Crippen LogP) is 4.47. The maximum absolute atomic E-state index is 13.3. The number of hydrogen-bond donors (Lipinski definition) is 1. The van der Waals surface area contributed by atoms with E-state index in [9.17, 15) is 13.2 Å². The number of rotatable bonds is 7. The van der Waals surface area contributed by atoms with Crippen LogP contribution in [0.3, 0.4) is 0 Å². The van der Waals surface area contributed by atoms with Gasteiger partial charge in [0.2, 0.25) is 10.0 Å². The second-order valence-electron chi connectivity index (χ2n) is 7.65. The molecule has 1 aliphatic rings. The van der Waals surface area contributed by atoms with Crippen LogP contribution in [0.1, 0.15) is 54.6 Å². The first-order chi connectivity index (χ1) is 14.9. The predicted molar refractivity (Wildman–Crippen MR) is 124 cm³/mol. The summed E-state index contributed by atoms with van der Waals surface area (Å²) in [5, 5.41) is 2.96. The number of benzene rings is 2. The molecule has 1 atom stereocenters. The fourth-order valence-corrected chi connectivity index (χ4v) is 5.80. The Morgan fingerprint density at radius 2 is 1.71 bits per heavy atom. The van der Waals surface area contributed by atoms with E-state index in [-0.39, 0.29) is 22.6 Å². The first-order valence-corrected chi connectivity index (χ1v) is 13.2. The second-order valence-corrected chi connectivity index (χ2v) is 10.4. The van der Waals surface area contributed by atoms with E-state index in [0.29, 0.717) is 18.7 Å². The van der Waals surface area contributed by atoms with Crippen molar-refractivity contribution in [1.82, 2.24) is 9.62 Å². The first kappa shape index (κ1) is 23.6. The molecule has 1 N–H and O–H groups in total. The number of nitrogens with zero attached hydrogens (tertiary/aromatic N) is 1. The summed E-state index contributed by atoms with van der Waals surface area (Å²) in [6, 6.07) is 12.4. The molecule has 0 radical (unpaired) electrons. The van der Waals surface area contributed by atoms with Crippen LogP contribution in [-0.2, 0) is 10.0 Å². The molecule has 3 rings (SSSR count). The van der Waals surface area contributed by atoms with Gasteiger partial charge in [-0.2, -0.15) is 4.31 Å². The number of sulfonamides is 1. The molecule has 168 valence electrons. The summed E-state index contributed by atoms with van der Waals surface area (Å²) < 4.78 is 33.5. The lowest BCUT2D eigenvalue weighted by molar-refractivity contribution is 0.0939. The minimum absolute atomic E-state index is 0.0431. The standard InChI is InChI=1S/C23H30N2O4S2/c1-17(18-8-11-20(30-3)12-9-18)24-23(26)19-10-13-21(29-2)22(16-19)31(27,28)25-14-6-4-5-7-15-25/h8-13,16-17H,4-7,14-15H2,1-3H3,(H,24,26). The number of hydrogen-bond acceptors (Lipinski definition) is 5. The average molecular weight is 463 g/mol. The zero-order chi connectivity index (χ0) is 22.4. The lowest BCUT2D eigenvalue weighted by Crippen LogP contribution is -2.32. The van der Waals surface area contributed by atoms with E-state index in [1.165, 1.54) is 17.5 Å². The monoisotopic (exact) mass is 462 g/mol. The van der Waals surface area contributed by atoms with Crippen molar-refractivity contribution < 1.29 is 17.9 Å². The molecule has 2 aromatic rings. The topological polar surface area (TPSA) is 75.7 Å². The van der Waals surface area contributed by atoms with Gasteiger partial charge in [0, 0.05) is 23.5 Å². The van der Waals surface area contributed by atoms with E-state index in [2.05, 4.69) is 5.32 Å². The molecule has 0 aliphatic carbocycles. The van der Waals surface area contributed by atoms with Gasteiger partial charge >= 0.3 is 0 Å². The minimum Gasteiger partial charge on any atom is -0.495 e. The van der Waals surface area contributed by atoms with Gasteiger partial charge in [-0.05, 0) is 61.9 Å². The average Bonchev–Trinajstić information content (AvgIpc) is 3.09. The molecular weight excluding hydrogens is 432 g/mol. The molecule has 31 heavy (non-hydrogen) atoms. The van der Waals surface area contributed by atoms with Crippen molar-refractivity contribution in [2.75, 3.05) is 26.5 Å². The number of nitrogens with one attached hydrogen (secondary N) is 1. The Bertz CT molecular complexity index is 999. The third kappa shape index (κ3) is 5.61. The molecule has 1 heterocycles. The van der Waals surface area contributed by atoms with Crippen LogP contribution in [0, 0.1) is 0 Å². The molecule has 1 unspecified atom stereocenters. The van der Waals surface area contributed by atoms with Crippen LogP contribution in [0.5, 0.6) is 5.75 Å². The highest BCUT2D eigenvalue weighted by atomic mass is 32.2. The van der Waals surface area contributed by atoms with Crippen LogP contribution in [-0.4, -0.2) is 45.1 Å². The molecule has 2 aromatic carbocycles. The van der Waals surface area contributed by atoms with Crippen molar-refractivity contribution in [3.63, 3.8) is 0 Å². The number of carbonyl (C=O) groups excluding carboxylic acids is 1. The van der Waals surface area contributed by atoms with Crippen LogP contribution in [0.2, 0.25) is 0 Å². The maximum atomic E-state index is 13.3. The van der Waals surface area contributed by atoms with Crippen molar-refractivity contribution >= 4 is 27.7 Å². The quantitative estimate of drug-likeness (QED) is 0.615. The number of ether oxygens (including phenoxy) is 1. The molecule has 0 saturated carbocycles. The van der Waals surface area contributed by atoms with E-state index in [1.54, 1.807) is 23.9 Å². The van der Waals surface area contributed by atoms with Crippen LogP contribution >= 0.6 is 11.8 Å². The van der Waals surface area contributed by atoms with Crippen molar-refractivity contribution in [3.05, 3.63) is 53.6 Å². The van der Waals surface area contributed by atoms with Crippen molar-refractivity contribution in [2.45, 2.75) is 48.4 Å². The molecule has 8 heteroatoms. The number of thioether (sulfide) groups is 1. The Kier molecular flexibility index (Phi) is 8.02. The van der Waals surface area contributed by atoms with Gasteiger partial charge in [-0.15, -0.1) is 11.8 Å². The third-order valence-electron chi connectivity index (χ3n) is 5.57. The maximum Gasteiger partial charge on any atom is 0.251 e. The summed E-state index contributed by atoms with van der Waals surface area (Å²) in [6.45, 7) is 2.89. The number of carbonyl (C=O) groups is 1. The van der Waals surface area contributed by atoms with Crippen LogP contribution in [0.15, 0.2) is 52.3 Å². The Balaban J connectivity index is 1.84. The van der Waals surface area contributed by atoms with Crippen molar-refractivity contribution in [3.8, 4) is 5.75 Å². The van der Waals surface area contributed by atoms with Gasteiger partial charge in [-0.1, -0.05) is 25.0 Å². The molecule has 6 nitrogen and oxygen atoms in total. The van der Waals surface area contributed by atoms with E-state index in [4.69, 9.17) is 4.74 Å². The minimum atomic E-state index is -3.75. The largest absolute Gasteiger partial charge is 0.495 e. The van der Waals surface area contributed by atoms with E-state index >= 15 is 0 Å². The van der Waals surface area contributed by atoms with Gasteiger partial charge in [0.15, 0.2) is 0 Å². The Labute approximate surface area is 189 Å². The molecule has 0 aromatic heterocycles. The van der Waals surface area contributed by atoms with Crippen molar-refractivity contribution in [2.24, 2.45) is 0 Å². The Morgan fingerprint density at radius 1 is 1.06 bits per heavy atom. The summed E-state index contributed by atoms with van der Waals surface area (Å²) in [6.07, 6.45) is 5.76. The molecule has 0 bridgehead atoms. The van der Waals surface area contributed by atoms with Crippen LogP contribution in [0.4, 0.5) is 0 Å². The number of methoxy groups -OCH3 is 1. The normalized spacial score (nSPS) is 16.4. The molecular formula is C23H30N2O4S2. The SMILES string of the molecule is COc1ccc(C(=O)NC(C)c2ccc(SC)cc2)cc1S(=O)(=O)N1CCCCCC1. The summed E-state index contributed by atoms with van der Waals surface area (Å²) in [5.74, 6) is -0.0714. The fraction of sp³-hybridized carbons (Fsp3) is 0.435.